The molecule has 112 valence electrons. The summed E-state index contributed by atoms with van der Waals surface area (Å²) in [6.07, 6.45) is 7.91. The number of aromatic nitrogens is 4. The van der Waals surface area contributed by atoms with Crippen LogP contribution in [0.2, 0.25) is 0 Å². The van der Waals surface area contributed by atoms with Crippen molar-refractivity contribution in [3.05, 3.63) is 11.5 Å². The van der Waals surface area contributed by atoms with E-state index in [1.54, 1.807) is 0 Å². The maximum atomic E-state index is 4.81. The van der Waals surface area contributed by atoms with Crippen molar-refractivity contribution >= 4 is 16.9 Å². The number of hydrogen-bond donors (Lipinski definition) is 1. The third-order valence-corrected chi connectivity index (χ3v) is 4.84. The van der Waals surface area contributed by atoms with Gasteiger partial charge in [-0.3, -0.25) is 4.68 Å². The van der Waals surface area contributed by atoms with Crippen molar-refractivity contribution in [3.8, 4) is 0 Å². The molecule has 2 fully saturated rings. The Morgan fingerprint density at radius 2 is 1.90 bits per heavy atom. The van der Waals surface area contributed by atoms with Gasteiger partial charge in [0.15, 0.2) is 5.82 Å². The van der Waals surface area contributed by atoms with Crippen molar-refractivity contribution in [3.63, 3.8) is 0 Å². The van der Waals surface area contributed by atoms with Crippen LogP contribution in [0.5, 0.6) is 0 Å². The van der Waals surface area contributed by atoms with Gasteiger partial charge < -0.3 is 5.32 Å². The lowest BCUT2D eigenvalue weighted by Gasteiger charge is -2.13. The summed E-state index contributed by atoms with van der Waals surface area (Å²) < 4.78 is 1.92. The van der Waals surface area contributed by atoms with Crippen LogP contribution >= 0.6 is 0 Å². The van der Waals surface area contributed by atoms with Gasteiger partial charge in [-0.05, 0) is 38.5 Å². The molecule has 1 N–H and O–H groups in total. The van der Waals surface area contributed by atoms with Crippen molar-refractivity contribution in [1.82, 2.24) is 19.7 Å². The lowest BCUT2D eigenvalue weighted by atomic mass is 10.1. The fourth-order valence-corrected chi connectivity index (χ4v) is 3.46. The zero-order valence-electron chi connectivity index (χ0n) is 12.9. The Morgan fingerprint density at radius 1 is 1.14 bits per heavy atom. The van der Waals surface area contributed by atoms with Gasteiger partial charge in [-0.25, -0.2) is 9.97 Å². The maximum Gasteiger partial charge on any atom is 0.156 e. The zero-order chi connectivity index (χ0) is 14.4. The monoisotopic (exact) mass is 285 g/mol. The molecule has 0 bridgehead atoms. The van der Waals surface area contributed by atoms with E-state index >= 15 is 0 Å². The summed E-state index contributed by atoms with van der Waals surface area (Å²) in [6, 6.07) is 0. The quantitative estimate of drug-likeness (QED) is 0.937. The van der Waals surface area contributed by atoms with Crippen molar-refractivity contribution in [2.75, 3.05) is 11.9 Å². The molecule has 0 aromatic carbocycles. The fraction of sp³-hybridized carbons (Fsp3) is 0.688. The molecule has 4 rings (SSSR count). The molecule has 21 heavy (non-hydrogen) atoms. The molecule has 5 heteroatoms. The summed E-state index contributed by atoms with van der Waals surface area (Å²) in [5.74, 6) is 3.36. The summed E-state index contributed by atoms with van der Waals surface area (Å²) in [6.45, 7) is 3.06. The Bertz CT molecular complexity index is 665. The van der Waals surface area contributed by atoms with Crippen molar-refractivity contribution in [2.45, 2.75) is 51.4 Å². The highest BCUT2D eigenvalue weighted by molar-refractivity contribution is 5.87. The van der Waals surface area contributed by atoms with E-state index in [0.717, 1.165) is 40.8 Å². The highest BCUT2D eigenvalue weighted by Crippen LogP contribution is 2.39. The first kappa shape index (κ1) is 13.0. The number of aryl methyl sites for hydroxylation is 2. The van der Waals surface area contributed by atoms with Crippen LogP contribution in [0.15, 0.2) is 0 Å². The van der Waals surface area contributed by atoms with Gasteiger partial charge in [-0.15, -0.1) is 0 Å². The van der Waals surface area contributed by atoms with Gasteiger partial charge in [-0.1, -0.05) is 12.8 Å². The SMILES string of the molecule is Cc1nn(C)c2c(NCC3CCCC3)nc(C3CC3)nc12. The average Bonchev–Trinajstić information content (AvgIpc) is 3.12. The van der Waals surface area contributed by atoms with Crippen LogP contribution in [0, 0.1) is 12.8 Å². The van der Waals surface area contributed by atoms with Crippen LogP contribution in [-0.4, -0.2) is 26.3 Å². The minimum absolute atomic E-state index is 0.570. The molecule has 2 aliphatic rings. The third-order valence-electron chi connectivity index (χ3n) is 4.84. The smallest absolute Gasteiger partial charge is 0.156 e. The van der Waals surface area contributed by atoms with Crippen LogP contribution < -0.4 is 5.32 Å². The first-order valence-corrected chi connectivity index (χ1v) is 8.17. The summed E-state index contributed by atoms with van der Waals surface area (Å²) in [5, 5.41) is 8.12. The van der Waals surface area contributed by atoms with Gasteiger partial charge in [0, 0.05) is 19.5 Å². The molecule has 0 spiro atoms. The topological polar surface area (TPSA) is 55.6 Å². The van der Waals surface area contributed by atoms with E-state index in [9.17, 15) is 0 Å². The van der Waals surface area contributed by atoms with Gasteiger partial charge in [0.05, 0.1) is 5.69 Å². The molecule has 2 heterocycles. The first-order valence-electron chi connectivity index (χ1n) is 8.17. The highest BCUT2D eigenvalue weighted by atomic mass is 15.3. The zero-order valence-corrected chi connectivity index (χ0v) is 12.9. The first-order chi connectivity index (χ1) is 10.2. The van der Waals surface area contributed by atoms with Gasteiger partial charge in [-0.2, -0.15) is 5.10 Å². The summed E-state index contributed by atoms with van der Waals surface area (Å²) in [7, 11) is 1.98. The molecule has 2 aromatic rings. The molecule has 5 nitrogen and oxygen atoms in total. The van der Waals surface area contributed by atoms with E-state index < -0.39 is 0 Å². The summed E-state index contributed by atoms with van der Waals surface area (Å²) in [5.41, 5.74) is 3.07. The minimum atomic E-state index is 0.570. The lowest BCUT2D eigenvalue weighted by molar-refractivity contribution is 0.578. The van der Waals surface area contributed by atoms with E-state index in [-0.39, 0.29) is 0 Å². The fourth-order valence-electron chi connectivity index (χ4n) is 3.46. The molecule has 0 atom stereocenters. The molecule has 0 amide bonds. The second-order valence-corrected chi connectivity index (χ2v) is 6.64. The number of hydrogen-bond acceptors (Lipinski definition) is 4. The Labute approximate surface area is 125 Å². The van der Waals surface area contributed by atoms with Gasteiger partial charge in [0.2, 0.25) is 0 Å². The van der Waals surface area contributed by atoms with E-state index in [1.165, 1.54) is 38.5 Å². The normalized spacial score (nSPS) is 19.5. The van der Waals surface area contributed by atoms with Crippen LogP contribution in [-0.2, 0) is 7.05 Å². The predicted octanol–water partition coefficient (Wildman–Crippen LogP) is 3.15. The molecule has 0 radical (unpaired) electrons. The molecule has 0 aliphatic heterocycles. The predicted molar refractivity (Wildman–Crippen MR) is 83.5 cm³/mol. The minimum Gasteiger partial charge on any atom is -0.368 e. The molecule has 2 aliphatic carbocycles. The number of fused-ring (bicyclic) bond motifs is 1. The second-order valence-electron chi connectivity index (χ2n) is 6.64. The van der Waals surface area contributed by atoms with Gasteiger partial charge >= 0.3 is 0 Å². The second kappa shape index (κ2) is 4.97. The lowest BCUT2D eigenvalue weighted by Crippen LogP contribution is -2.14. The third kappa shape index (κ3) is 2.39. The van der Waals surface area contributed by atoms with Crippen molar-refractivity contribution in [1.29, 1.82) is 0 Å². The van der Waals surface area contributed by atoms with Crippen molar-refractivity contribution in [2.24, 2.45) is 13.0 Å². The van der Waals surface area contributed by atoms with E-state index in [0.29, 0.717) is 5.92 Å². The number of nitrogens with one attached hydrogen (secondary N) is 1. The maximum absolute atomic E-state index is 4.81. The molecule has 2 aromatic heterocycles. The van der Waals surface area contributed by atoms with Gasteiger partial charge in [0.25, 0.3) is 0 Å². The molecule has 0 saturated heterocycles. The highest BCUT2D eigenvalue weighted by Gasteiger charge is 2.29. The van der Waals surface area contributed by atoms with Gasteiger partial charge in [0.1, 0.15) is 16.9 Å². The molecule has 2 saturated carbocycles. The molecular weight excluding hydrogens is 262 g/mol. The van der Waals surface area contributed by atoms with E-state index in [4.69, 9.17) is 9.97 Å². The molecule has 0 unspecified atom stereocenters. The number of rotatable bonds is 4. The van der Waals surface area contributed by atoms with E-state index in [2.05, 4.69) is 10.4 Å². The molecular formula is C16H23N5. The summed E-state index contributed by atoms with van der Waals surface area (Å²) >= 11 is 0. The largest absolute Gasteiger partial charge is 0.368 e. The number of nitrogens with zero attached hydrogens (tertiary/aromatic N) is 4. The van der Waals surface area contributed by atoms with Crippen LogP contribution in [0.3, 0.4) is 0 Å². The van der Waals surface area contributed by atoms with Crippen LogP contribution in [0.1, 0.15) is 56.0 Å². The Morgan fingerprint density at radius 3 is 2.62 bits per heavy atom. The van der Waals surface area contributed by atoms with Crippen molar-refractivity contribution < 1.29 is 0 Å². The standard InChI is InChI=1S/C16H23N5/c1-10-13-14(21(2)20-10)16(17-9-11-5-3-4-6-11)19-15(18-13)12-7-8-12/h11-12H,3-9H2,1-2H3,(H,17,18,19). The van der Waals surface area contributed by atoms with E-state index in [1.807, 2.05) is 18.7 Å². The van der Waals surface area contributed by atoms with Crippen LogP contribution in [0.25, 0.3) is 11.0 Å². The Balaban J connectivity index is 1.70. The Kier molecular flexibility index (Phi) is 3.08. The average molecular weight is 285 g/mol. The number of anilines is 1. The Hall–Kier alpha value is -1.65. The van der Waals surface area contributed by atoms with Crippen LogP contribution in [0.4, 0.5) is 5.82 Å². The summed E-state index contributed by atoms with van der Waals surface area (Å²) in [4.78, 5) is 9.58.